The Balaban J connectivity index is 1.50. The van der Waals surface area contributed by atoms with Crippen LogP contribution in [0.1, 0.15) is 49.4 Å². The van der Waals surface area contributed by atoms with Gasteiger partial charge in [0.15, 0.2) is 0 Å². The molecule has 4 rings (SSSR count). The summed E-state index contributed by atoms with van der Waals surface area (Å²) in [6.07, 6.45) is 6.28. The molecular weight excluding hydrogens is 392 g/mol. The maximum atomic E-state index is 13.0. The number of aromatic nitrogens is 1. The summed E-state index contributed by atoms with van der Waals surface area (Å²) in [7, 11) is -3.26. The van der Waals surface area contributed by atoms with Crippen LogP contribution in [-0.4, -0.2) is 74.4 Å². The number of carbonyl (C=O) groups excluding carboxylic acids is 1. The third-order valence-electron chi connectivity index (χ3n) is 6.18. The molecule has 1 N–H and O–H groups in total. The standard InChI is InChI=1S/C20H30N4O4S/c1-2-29(26,27)22-16-13-20(28-14-16)8-6-12-24(15-20)18-17(7-5-9-21-18)19(25)23-10-3-4-11-23/h5,7,9,16,22H,2-4,6,8,10-15H2,1H3/t16-,20-/m1/s1. The zero-order valence-electron chi connectivity index (χ0n) is 17.0. The molecule has 160 valence electrons. The lowest BCUT2D eigenvalue weighted by Crippen LogP contribution is -2.49. The van der Waals surface area contributed by atoms with Gasteiger partial charge in [-0.1, -0.05) is 0 Å². The van der Waals surface area contributed by atoms with Crippen LogP contribution < -0.4 is 9.62 Å². The molecule has 0 bridgehead atoms. The highest BCUT2D eigenvalue weighted by molar-refractivity contribution is 7.89. The molecule has 1 aromatic heterocycles. The Kier molecular flexibility index (Phi) is 5.81. The number of pyridine rings is 1. The first-order valence-electron chi connectivity index (χ1n) is 10.5. The van der Waals surface area contributed by atoms with E-state index in [-0.39, 0.29) is 17.7 Å². The summed E-state index contributed by atoms with van der Waals surface area (Å²) in [5.74, 6) is 0.828. The monoisotopic (exact) mass is 422 g/mol. The van der Waals surface area contributed by atoms with E-state index >= 15 is 0 Å². The van der Waals surface area contributed by atoms with E-state index < -0.39 is 15.6 Å². The molecule has 1 amide bonds. The van der Waals surface area contributed by atoms with Crippen molar-refractivity contribution in [2.24, 2.45) is 0 Å². The molecule has 0 radical (unpaired) electrons. The van der Waals surface area contributed by atoms with Crippen molar-refractivity contribution in [2.75, 3.05) is 43.4 Å². The van der Waals surface area contributed by atoms with Crippen LogP contribution in [0, 0.1) is 0 Å². The maximum Gasteiger partial charge on any atom is 0.257 e. The van der Waals surface area contributed by atoms with E-state index in [9.17, 15) is 13.2 Å². The fourth-order valence-electron chi connectivity index (χ4n) is 4.73. The van der Waals surface area contributed by atoms with Crippen LogP contribution in [0.2, 0.25) is 0 Å². The van der Waals surface area contributed by atoms with Crippen LogP contribution in [-0.2, 0) is 14.8 Å². The van der Waals surface area contributed by atoms with Gasteiger partial charge >= 0.3 is 0 Å². The number of anilines is 1. The number of hydrogen-bond donors (Lipinski definition) is 1. The van der Waals surface area contributed by atoms with Crippen molar-refractivity contribution in [1.29, 1.82) is 0 Å². The second kappa shape index (κ2) is 8.20. The van der Waals surface area contributed by atoms with Crippen molar-refractivity contribution in [1.82, 2.24) is 14.6 Å². The predicted molar refractivity (Wildman–Crippen MR) is 111 cm³/mol. The number of sulfonamides is 1. The van der Waals surface area contributed by atoms with Crippen molar-refractivity contribution < 1.29 is 17.9 Å². The van der Waals surface area contributed by atoms with E-state index in [0.29, 0.717) is 31.0 Å². The van der Waals surface area contributed by atoms with Gasteiger partial charge in [0.25, 0.3) is 5.91 Å². The van der Waals surface area contributed by atoms with Crippen LogP contribution in [0.25, 0.3) is 0 Å². The quantitative estimate of drug-likeness (QED) is 0.771. The van der Waals surface area contributed by atoms with E-state index in [1.165, 1.54) is 0 Å². The van der Waals surface area contributed by atoms with Crippen molar-refractivity contribution in [3.05, 3.63) is 23.9 Å². The van der Waals surface area contributed by atoms with E-state index in [1.807, 2.05) is 17.0 Å². The highest BCUT2D eigenvalue weighted by atomic mass is 32.2. The molecule has 2 atom stereocenters. The van der Waals surface area contributed by atoms with Crippen molar-refractivity contribution in [3.8, 4) is 0 Å². The van der Waals surface area contributed by atoms with Gasteiger partial charge in [-0.05, 0) is 51.2 Å². The second-order valence-corrected chi connectivity index (χ2v) is 10.4. The van der Waals surface area contributed by atoms with E-state index in [4.69, 9.17) is 4.74 Å². The second-order valence-electron chi connectivity index (χ2n) is 8.32. The lowest BCUT2D eigenvalue weighted by molar-refractivity contribution is -0.00674. The molecule has 3 fully saturated rings. The van der Waals surface area contributed by atoms with Gasteiger partial charge in [-0.2, -0.15) is 0 Å². The first-order chi connectivity index (χ1) is 13.9. The first-order valence-corrected chi connectivity index (χ1v) is 12.2. The van der Waals surface area contributed by atoms with Crippen LogP contribution in [0.3, 0.4) is 0 Å². The number of hydrogen-bond acceptors (Lipinski definition) is 6. The predicted octanol–water partition coefficient (Wildman–Crippen LogP) is 1.38. The molecule has 1 aromatic rings. The molecule has 0 aliphatic carbocycles. The van der Waals surface area contributed by atoms with Crippen molar-refractivity contribution >= 4 is 21.7 Å². The fourth-order valence-corrected chi connectivity index (χ4v) is 5.55. The highest BCUT2D eigenvalue weighted by Crippen LogP contribution is 2.37. The van der Waals surface area contributed by atoms with Gasteiger partial charge in [-0.15, -0.1) is 0 Å². The molecule has 29 heavy (non-hydrogen) atoms. The maximum absolute atomic E-state index is 13.0. The van der Waals surface area contributed by atoms with Crippen LogP contribution >= 0.6 is 0 Å². The molecule has 0 unspecified atom stereocenters. The number of likely N-dealkylation sites (tertiary alicyclic amines) is 1. The summed E-state index contributed by atoms with van der Waals surface area (Å²) in [5, 5.41) is 0. The Labute approximate surface area is 172 Å². The lowest BCUT2D eigenvalue weighted by Gasteiger charge is -2.41. The molecule has 8 nitrogen and oxygen atoms in total. The smallest absolute Gasteiger partial charge is 0.257 e. The number of piperidine rings is 1. The Morgan fingerprint density at radius 1 is 1.31 bits per heavy atom. The van der Waals surface area contributed by atoms with Gasteiger partial charge in [0.05, 0.1) is 23.5 Å². The Hall–Kier alpha value is -1.71. The normalized spacial score (nSPS) is 27.7. The number of amides is 1. The number of nitrogens with one attached hydrogen (secondary N) is 1. The zero-order chi connectivity index (χ0) is 20.5. The molecular formula is C20H30N4O4S. The zero-order valence-corrected chi connectivity index (χ0v) is 17.8. The molecule has 4 heterocycles. The third-order valence-corrected chi connectivity index (χ3v) is 7.64. The summed E-state index contributed by atoms with van der Waals surface area (Å²) < 4.78 is 32.8. The van der Waals surface area contributed by atoms with Crippen LogP contribution in [0.4, 0.5) is 5.82 Å². The van der Waals surface area contributed by atoms with E-state index in [0.717, 1.165) is 45.3 Å². The van der Waals surface area contributed by atoms with Gasteiger partial charge in [0.2, 0.25) is 10.0 Å². The number of ether oxygens (including phenoxy) is 1. The summed E-state index contributed by atoms with van der Waals surface area (Å²) >= 11 is 0. The summed E-state index contributed by atoms with van der Waals surface area (Å²) in [6.45, 7) is 5.06. The molecule has 3 saturated heterocycles. The van der Waals surface area contributed by atoms with Gasteiger partial charge < -0.3 is 14.5 Å². The largest absolute Gasteiger partial charge is 0.371 e. The molecule has 3 aliphatic rings. The third kappa shape index (κ3) is 4.41. The lowest BCUT2D eigenvalue weighted by atomic mass is 9.88. The molecule has 0 aromatic carbocycles. The molecule has 3 aliphatic heterocycles. The first kappa shape index (κ1) is 20.6. The average molecular weight is 423 g/mol. The number of nitrogens with zero attached hydrogens (tertiary/aromatic N) is 3. The minimum atomic E-state index is -3.26. The summed E-state index contributed by atoms with van der Waals surface area (Å²) in [5.41, 5.74) is 0.248. The molecule has 9 heteroatoms. The minimum Gasteiger partial charge on any atom is -0.371 e. The van der Waals surface area contributed by atoms with E-state index in [2.05, 4.69) is 14.6 Å². The van der Waals surface area contributed by atoms with E-state index in [1.54, 1.807) is 13.1 Å². The summed E-state index contributed by atoms with van der Waals surface area (Å²) in [6, 6.07) is 3.47. The topological polar surface area (TPSA) is 91.8 Å². The van der Waals surface area contributed by atoms with Gasteiger partial charge in [-0.3, -0.25) is 4.79 Å². The van der Waals surface area contributed by atoms with Gasteiger partial charge in [-0.25, -0.2) is 18.1 Å². The van der Waals surface area contributed by atoms with Crippen molar-refractivity contribution in [2.45, 2.75) is 50.7 Å². The van der Waals surface area contributed by atoms with Crippen LogP contribution in [0.15, 0.2) is 18.3 Å². The Morgan fingerprint density at radius 2 is 2.10 bits per heavy atom. The van der Waals surface area contributed by atoms with Gasteiger partial charge in [0, 0.05) is 38.4 Å². The van der Waals surface area contributed by atoms with Gasteiger partial charge in [0.1, 0.15) is 5.82 Å². The Morgan fingerprint density at radius 3 is 2.86 bits per heavy atom. The number of rotatable bonds is 5. The minimum absolute atomic E-state index is 0.0474. The van der Waals surface area contributed by atoms with Crippen LogP contribution in [0.5, 0.6) is 0 Å². The molecule has 1 spiro atoms. The fraction of sp³-hybridized carbons (Fsp3) is 0.700. The SMILES string of the molecule is CCS(=O)(=O)N[C@H]1CO[C@]2(CCCN(c3ncccc3C(=O)N3CCCC3)C2)C1. The summed E-state index contributed by atoms with van der Waals surface area (Å²) in [4.78, 5) is 21.6. The average Bonchev–Trinajstić information content (AvgIpc) is 3.38. The highest BCUT2D eigenvalue weighted by Gasteiger charge is 2.45. The molecule has 0 saturated carbocycles. The number of carbonyl (C=O) groups is 1. The van der Waals surface area contributed by atoms with Crippen molar-refractivity contribution in [3.63, 3.8) is 0 Å². The Bertz CT molecular complexity index is 856.